The first-order valence-electron chi connectivity index (χ1n) is 9.24. The van der Waals surface area contributed by atoms with Crippen molar-refractivity contribution < 1.29 is 14.3 Å². The smallest absolute Gasteiger partial charge is 0.310 e. The second-order valence-corrected chi connectivity index (χ2v) is 7.17. The topological polar surface area (TPSA) is 59.5 Å². The number of carbonyl (C=O) groups excluding carboxylic acids is 2. The van der Waals surface area contributed by atoms with Crippen LogP contribution in [0.3, 0.4) is 0 Å². The molecule has 1 unspecified atom stereocenters. The predicted octanol–water partition coefficient (Wildman–Crippen LogP) is 3.76. The van der Waals surface area contributed by atoms with Crippen LogP contribution < -0.4 is 0 Å². The number of benzene rings is 1. The van der Waals surface area contributed by atoms with Gasteiger partial charge in [0.05, 0.1) is 12.5 Å². The molecule has 1 aliphatic rings. The van der Waals surface area contributed by atoms with Crippen LogP contribution in [0.25, 0.3) is 0 Å². The molecule has 2 aromatic rings. The molecule has 3 rings (SSSR count). The Morgan fingerprint density at radius 1 is 1.22 bits per heavy atom. The van der Waals surface area contributed by atoms with Crippen LogP contribution in [0.1, 0.15) is 35.2 Å². The number of esters is 1. The quantitative estimate of drug-likeness (QED) is 0.560. The van der Waals surface area contributed by atoms with Crippen LogP contribution in [0, 0.1) is 5.92 Å². The van der Waals surface area contributed by atoms with E-state index in [2.05, 4.69) is 4.98 Å². The summed E-state index contributed by atoms with van der Waals surface area (Å²) >= 11 is 5.88. The lowest BCUT2D eigenvalue weighted by Gasteiger charge is -2.31. The highest BCUT2D eigenvalue weighted by atomic mass is 35.5. The Balaban J connectivity index is 1.46. The third kappa shape index (κ3) is 5.54. The molecule has 5 nitrogen and oxygen atoms in total. The van der Waals surface area contributed by atoms with Crippen LogP contribution in [-0.2, 0) is 16.0 Å². The molecule has 2 heterocycles. The number of likely N-dealkylation sites (tertiary alicyclic amines) is 1. The zero-order valence-corrected chi connectivity index (χ0v) is 15.9. The molecular formula is C21H23ClN2O3. The van der Waals surface area contributed by atoms with Gasteiger partial charge in [0.15, 0.2) is 0 Å². The van der Waals surface area contributed by atoms with Crippen molar-refractivity contribution in [3.63, 3.8) is 0 Å². The molecule has 27 heavy (non-hydrogen) atoms. The monoisotopic (exact) mass is 386 g/mol. The largest absolute Gasteiger partial charge is 0.465 e. The van der Waals surface area contributed by atoms with Crippen molar-refractivity contribution in [1.29, 1.82) is 0 Å². The number of hydrogen-bond acceptors (Lipinski definition) is 4. The average molecular weight is 387 g/mol. The van der Waals surface area contributed by atoms with Gasteiger partial charge in [-0.25, -0.2) is 0 Å². The average Bonchev–Trinajstić information content (AvgIpc) is 2.72. The maximum atomic E-state index is 12.6. The van der Waals surface area contributed by atoms with Crippen molar-refractivity contribution in [3.8, 4) is 0 Å². The van der Waals surface area contributed by atoms with E-state index in [0.717, 1.165) is 31.2 Å². The first-order valence-corrected chi connectivity index (χ1v) is 9.61. The third-order valence-corrected chi connectivity index (χ3v) is 4.96. The number of amides is 1. The van der Waals surface area contributed by atoms with Gasteiger partial charge >= 0.3 is 5.97 Å². The minimum absolute atomic E-state index is 0.0688. The van der Waals surface area contributed by atoms with Gasteiger partial charge in [0.25, 0.3) is 5.91 Å². The highest BCUT2D eigenvalue weighted by Crippen LogP contribution is 2.21. The van der Waals surface area contributed by atoms with E-state index in [-0.39, 0.29) is 17.8 Å². The lowest BCUT2D eigenvalue weighted by atomic mass is 9.97. The van der Waals surface area contributed by atoms with Crippen LogP contribution >= 0.6 is 11.6 Å². The second kappa shape index (κ2) is 9.51. The van der Waals surface area contributed by atoms with Crippen molar-refractivity contribution in [1.82, 2.24) is 9.88 Å². The number of piperidine rings is 1. The minimum atomic E-state index is -0.256. The van der Waals surface area contributed by atoms with Gasteiger partial charge in [-0.15, -0.1) is 0 Å². The van der Waals surface area contributed by atoms with Crippen molar-refractivity contribution >= 4 is 23.5 Å². The molecule has 1 aliphatic heterocycles. The number of halogens is 1. The van der Waals surface area contributed by atoms with Crippen LogP contribution in [0.4, 0.5) is 0 Å². The summed E-state index contributed by atoms with van der Waals surface area (Å²) in [6.07, 6.45) is 6.71. The zero-order valence-electron chi connectivity index (χ0n) is 15.1. The number of ether oxygens (including phenoxy) is 1. The molecule has 1 aromatic heterocycles. The number of rotatable bonds is 6. The Bertz CT molecular complexity index is 765. The SMILES string of the molecule is O=C(OCCCc1cccnc1)C1CCCN(C(=O)c2ccc(Cl)cc2)C1. The molecule has 0 radical (unpaired) electrons. The summed E-state index contributed by atoms with van der Waals surface area (Å²) in [6.45, 7) is 1.45. The van der Waals surface area contributed by atoms with Crippen LogP contribution in [0.2, 0.25) is 5.02 Å². The number of aryl methyl sites for hydroxylation is 1. The van der Waals surface area contributed by atoms with Crippen molar-refractivity contribution in [2.24, 2.45) is 5.92 Å². The number of pyridine rings is 1. The van der Waals surface area contributed by atoms with Gasteiger partial charge in [0.1, 0.15) is 0 Å². The molecule has 1 aromatic carbocycles. The summed E-state index contributed by atoms with van der Waals surface area (Å²) in [5.41, 5.74) is 1.72. The van der Waals surface area contributed by atoms with E-state index in [0.29, 0.717) is 30.3 Å². The van der Waals surface area contributed by atoms with E-state index in [9.17, 15) is 9.59 Å². The second-order valence-electron chi connectivity index (χ2n) is 6.73. The van der Waals surface area contributed by atoms with Gasteiger partial charge in [0.2, 0.25) is 0 Å². The van der Waals surface area contributed by atoms with Gasteiger partial charge in [-0.2, -0.15) is 0 Å². The predicted molar refractivity (Wildman–Crippen MR) is 104 cm³/mol. The van der Waals surface area contributed by atoms with E-state index in [1.807, 2.05) is 18.3 Å². The van der Waals surface area contributed by atoms with Gasteiger partial charge in [0, 0.05) is 36.1 Å². The van der Waals surface area contributed by atoms with Crippen LogP contribution in [0.5, 0.6) is 0 Å². The molecule has 0 saturated carbocycles. The fourth-order valence-corrected chi connectivity index (χ4v) is 3.37. The first kappa shape index (κ1) is 19.4. The van der Waals surface area contributed by atoms with Crippen molar-refractivity contribution in [3.05, 3.63) is 64.9 Å². The molecule has 0 aliphatic carbocycles. The minimum Gasteiger partial charge on any atom is -0.465 e. The molecule has 0 N–H and O–H groups in total. The third-order valence-electron chi connectivity index (χ3n) is 4.71. The number of aromatic nitrogens is 1. The standard InChI is InChI=1S/C21H23ClN2O3/c22-19-9-7-17(8-10-19)20(25)24-12-2-6-18(15-24)21(26)27-13-3-5-16-4-1-11-23-14-16/h1,4,7-11,14,18H,2-3,5-6,12-13,15H2. The van der Waals surface area contributed by atoms with Crippen molar-refractivity contribution in [2.45, 2.75) is 25.7 Å². The Labute approximate surface area is 164 Å². The van der Waals surface area contributed by atoms with Crippen LogP contribution in [-0.4, -0.2) is 41.5 Å². The molecule has 1 saturated heterocycles. The fraction of sp³-hybridized carbons (Fsp3) is 0.381. The molecule has 1 atom stereocenters. The maximum Gasteiger partial charge on any atom is 0.310 e. The lowest BCUT2D eigenvalue weighted by molar-refractivity contribution is -0.150. The van der Waals surface area contributed by atoms with Gasteiger partial charge in [-0.05, 0) is 61.6 Å². The molecule has 0 spiro atoms. The van der Waals surface area contributed by atoms with Crippen LogP contribution in [0.15, 0.2) is 48.8 Å². The fourth-order valence-electron chi connectivity index (χ4n) is 3.24. The molecule has 6 heteroatoms. The molecule has 0 bridgehead atoms. The van der Waals surface area contributed by atoms with E-state index in [1.54, 1.807) is 35.4 Å². The molecule has 1 amide bonds. The van der Waals surface area contributed by atoms with E-state index >= 15 is 0 Å². The zero-order chi connectivity index (χ0) is 19.1. The van der Waals surface area contributed by atoms with E-state index < -0.39 is 0 Å². The molecular weight excluding hydrogens is 364 g/mol. The summed E-state index contributed by atoms with van der Waals surface area (Å²) in [5.74, 6) is -0.538. The molecule has 1 fully saturated rings. The summed E-state index contributed by atoms with van der Waals surface area (Å²) < 4.78 is 5.44. The van der Waals surface area contributed by atoms with Crippen molar-refractivity contribution in [2.75, 3.05) is 19.7 Å². The Morgan fingerprint density at radius 3 is 2.78 bits per heavy atom. The lowest BCUT2D eigenvalue weighted by Crippen LogP contribution is -2.42. The Kier molecular flexibility index (Phi) is 6.82. The highest BCUT2D eigenvalue weighted by Gasteiger charge is 2.29. The van der Waals surface area contributed by atoms with Gasteiger partial charge in [-0.1, -0.05) is 17.7 Å². The van der Waals surface area contributed by atoms with Gasteiger partial charge in [-0.3, -0.25) is 14.6 Å². The molecule has 142 valence electrons. The normalized spacial score (nSPS) is 16.8. The van der Waals surface area contributed by atoms with E-state index in [1.165, 1.54) is 0 Å². The summed E-state index contributed by atoms with van der Waals surface area (Å²) in [5, 5.41) is 0.595. The highest BCUT2D eigenvalue weighted by molar-refractivity contribution is 6.30. The maximum absolute atomic E-state index is 12.6. The summed E-state index contributed by atoms with van der Waals surface area (Å²) in [6, 6.07) is 10.7. The number of hydrogen-bond donors (Lipinski definition) is 0. The summed E-state index contributed by atoms with van der Waals surface area (Å²) in [4.78, 5) is 30.8. The number of carbonyl (C=O) groups is 2. The van der Waals surface area contributed by atoms with Gasteiger partial charge < -0.3 is 9.64 Å². The first-order chi connectivity index (χ1) is 13.1. The number of nitrogens with zero attached hydrogens (tertiary/aromatic N) is 2. The summed E-state index contributed by atoms with van der Waals surface area (Å²) in [7, 11) is 0. The Hall–Kier alpha value is -2.40. The van der Waals surface area contributed by atoms with E-state index in [4.69, 9.17) is 16.3 Å². The Morgan fingerprint density at radius 2 is 2.04 bits per heavy atom.